The highest BCUT2D eigenvalue weighted by atomic mass is 32.1. The molecule has 0 spiro atoms. The molecule has 0 unspecified atom stereocenters. The number of hydrogen-bond acceptors (Lipinski definition) is 2. The zero-order valence-corrected chi connectivity index (χ0v) is 14.3. The Kier molecular flexibility index (Phi) is 4.06. The number of benzene rings is 1. The largest absolute Gasteiger partial charge is 0.362 e. The number of aromatic nitrogens is 1. The second-order valence-corrected chi connectivity index (χ2v) is 7.37. The Bertz CT molecular complexity index is 803. The number of fused-ring (bicyclic) bond motifs is 1. The minimum atomic E-state index is 0.296. The molecule has 2 heterocycles. The van der Waals surface area contributed by atoms with Gasteiger partial charge in [0.2, 0.25) is 0 Å². The predicted molar refractivity (Wildman–Crippen MR) is 101 cm³/mol. The van der Waals surface area contributed by atoms with Gasteiger partial charge in [0.05, 0.1) is 0 Å². The van der Waals surface area contributed by atoms with Crippen molar-refractivity contribution in [1.29, 1.82) is 0 Å². The summed E-state index contributed by atoms with van der Waals surface area (Å²) in [5.41, 5.74) is 2.51. The first-order valence-electron chi connectivity index (χ1n) is 7.95. The maximum Gasteiger partial charge on any atom is 0.166 e. The fourth-order valence-corrected chi connectivity index (χ4v) is 3.99. The summed E-state index contributed by atoms with van der Waals surface area (Å²) in [7, 11) is 0. The summed E-state index contributed by atoms with van der Waals surface area (Å²) in [6.07, 6.45) is 4.60. The van der Waals surface area contributed by atoms with Gasteiger partial charge in [0.15, 0.2) is 5.11 Å². The van der Waals surface area contributed by atoms with Crippen molar-refractivity contribution in [2.45, 2.75) is 24.8 Å². The number of hydrogen-bond donors (Lipinski definition) is 3. The van der Waals surface area contributed by atoms with E-state index in [0.717, 1.165) is 11.7 Å². The van der Waals surface area contributed by atoms with Gasteiger partial charge in [0.25, 0.3) is 0 Å². The fraction of sp³-hybridized carbons (Fsp3) is 0.278. The van der Waals surface area contributed by atoms with Crippen molar-refractivity contribution in [1.82, 2.24) is 15.6 Å². The number of H-pyrrole nitrogens is 1. The van der Waals surface area contributed by atoms with Crippen LogP contribution in [-0.2, 0) is 0 Å². The normalized spacial score (nSPS) is 15.5. The molecule has 1 aliphatic carbocycles. The smallest absolute Gasteiger partial charge is 0.166 e. The molecule has 0 amide bonds. The Labute approximate surface area is 145 Å². The first-order chi connectivity index (χ1) is 11.3. The van der Waals surface area contributed by atoms with Crippen molar-refractivity contribution < 1.29 is 0 Å². The molecule has 1 fully saturated rings. The maximum absolute atomic E-state index is 5.42. The van der Waals surface area contributed by atoms with Crippen molar-refractivity contribution in [2.24, 2.45) is 0 Å². The topological polar surface area (TPSA) is 39.9 Å². The molecule has 0 bridgehead atoms. The van der Waals surface area contributed by atoms with Crippen LogP contribution >= 0.6 is 23.6 Å². The number of aromatic amines is 1. The molecule has 2 aromatic heterocycles. The summed E-state index contributed by atoms with van der Waals surface area (Å²) < 4.78 is 0. The monoisotopic (exact) mass is 341 g/mol. The van der Waals surface area contributed by atoms with Gasteiger partial charge in [-0.3, -0.25) is 0 Å². The maximum atomic E-state index is 5.42. The molecule has 1 saturated carbocycles. The lowest BCUT2D eigenvalue weighted by molar-refractivity contribution is 0.751. The third-order valence-corrected chi connectivity index (χ3v) is 5.51. The summed E-state index contributed by atoms with van der Waals surface area (Å²) in [4.78, 5) is 4.75. The first kappa shape index (κ1) is 14.7. The van der Waals surface area contributed by atoms with Crippen LogP contribution in [0.4, 0.5) is 0 Å². The summed E-state index contributed by atoms with van der Waals surface area (Å²) >= 11 is 7.21. The van der Waals surface area contributed by atoms with Crippen LogP contribution in [0.5, 0.6) is 0 Å². The molecular formula is C18H19N3S2. The molecule has 0 aliphatic heterocycles. The first-order valence-corrected chi connectivity index (χ1v) is 9.24. The van der Waals surface area contributed by atoms with Crippen LogP contribution in [0, 0.1) is 0 Å². The van der Waals surface area contributed by atoms with Crippen LogP contribution in [0.3, 0.4) is 0 Å². The predicted octanol–water partition coefficient (Wildman–Crippen LogP) is 3.99. The van der Waals surface area contributed by atoms with Crippen LogP contribution in [0.1, 0.15) is 29.2 Å². The molecule has 0 radical (unpaired) electrons. The van der Waals surface area contributed by atoms with Crippen molar-refractivity contribution in [3.63, 3.8) is 0 Å². The van der Waals surface area contributed by atoms with Gasteiger partial charge in [-0.1, -0.05) is 24.3 Å². The number of para-hydroxylation sites is 1. The van der Waals surface area contributed by atoms with Gasteiger partial charge in [-0.15, -0.1) is 11.3 Å². The van der Waals surface area contributed by atoms with Gasteiger partial charge < -0.3 is 15.6 Å². The van der Waals surface area contributed by atoms with E-state index in [1.54, 1.807) is 11.3 Å². The summed E-state index contributed by atoms with van der Waals surface area (Å²) in [6.45, 7) is 0.806. The van der Waals surface area contributed by atoms with E-state index in [9.17, 15) is 0 Å². The fourth-order valence-electron chi connectivity index (χ4n) is 2.89. The van der Waals surface area contributed by atoms with E-state index in [-0.39, 0.29) is 0 Å². The SMILES string of the molecule is S=C(NC[C@H](c1cccs1)c1c[nH]c2ccccc12)NC1CC1. The standard InChI is InChI=1S/C18H19N3S2/c22-18(21-12-7-8-12)20-11-15(17-6-3-9-23-17)14-10-19-16-5-2-1-4-13(14)16/h1-6,9-10,12,15,19H,7-8,11H2,(H2,20,21,22)/t15-/m0/s1. The number of nitrogens with one attached hydrogen (secondary N) is 3. The molecule has 118 valence electrons. The minimum Gasteiger partial charge on any atom is -0.362 e. The Morgan fingerprint density at radius 2 is 2.13 bits per heavy atom. The van der Waals surface area contributed by atoms with E-state index in [1.807, 2.05) is 0 Å². The zero-order valence-electron chi connectivity index (χ0n) is 12.7. The zero-order chi connectivity index (χ0) is 15.6. The van der Waals surface area contributed by atoms with Gasteiger partial charge in [0, 0.05) is 40.5 Å². The molecule has 5 heteroatoms. The van der Waals surface area contributed by atoms with Crippen molar-refractivity contribution in [2.75, 3.05) is 6.54 Å². The van der Waals surface area contributed by atoms with Gasteiger partial charge in [-0.25, -0.2) is 0 Å². The lowest BCUT2D eigenvalue weighted by Gasteiger charge is -2.18. The Balaban J connectivity index is 1.59. The van der Waals surface area contributed by atoms with Crippen molar-refractivity contribution in [3.8, 4) is 0 Å². The molecule has 3 aromatic rings. The van der Waals surface area contributed by atoms with E-state index >= 15 is 0 Å². The number of rotatable bonds is 5. The average Bonchev–Trinajstić information content (AvgIpc) is 3.05. The van der Waals surface area contributed by atoms with E-state index in [2.05, 4.69) is 63.6 Å². The highest BCUT2D eigenvalue weighted by Gasteiger charge is 2.23. The van der Waals surface area contributed by atoms with Gasteiger partial charge in [0.1, 0.15) is 0 Å². The summed E-state index contributed by atoms with van der Waals surface area (Å²) in [5, 5.41) is 11.0. The lowest BCUT2D eigenvalue weighted by Crippen LogP contribution is -2.38. The molecule has 1 atom stereocenters. The molecule has 1 aliphatic rings. The second kappa shape index (κ2) is 6.34. The quantitative estimate of drug-likeness (QED) is 0.615. The van der Waals surface area contributed by atoms with Gasteiger partial charge in [-0.05, 0) is 48.1 Å². The summed E-state index contributed by atoms with van der Waals surface area (Å²) in [6, 6.07) is 13.4. The minimum absolute atomic E-state index is 0.296. The molecule has 0 saturated heterocycles. The van der Waals surface area contributed by atoms with Gasteiger partial charge in [-0.2, -0.15) is 0 Å². The Hall–Kier alpha value is -1.85. The van der Waals surface area contributed by atoms with E-state index in [1.165, 1.54) is 34.2 Å². The summed E-state index contributed by atoms with van der Waals surface area (Å²) in [5.74, 6) is 0.296. The Morgan fingerprint density at radius 1 is 1.26 bits per heavy atom. The van der Waals surface area contributed by atoms with Crippen LogP contribution in [0.2, 0.25) is 0 Å². The third-order valence-electron chi connectivity index (χ3n) is 4.26. The third kappa shape index (κ3) is 3.26. The van der Waals surface area contributed by atoms with Crippen LogP contribution in [0.15, 0.2) is 48.0 Å². The van der Waals surface area contributed by atoms with Crippen LogP contribution in [-0.4, -0.2) is 22.7 Å². The van der Waals surface area contributed by atoms with Crippen molar-refractivity contribution in [3.05, 3.63) is 58.4 Å². The molecule has 4 rings (SSSR count). The molecule has 3 N–H and O–H groups in total. The number of thiocarbonyl (C=S) groups is 1. The van der Waals surface area contributed by atoms with E-state index in [4.69, 9.17) is 12.2 Å². The highest BCUT2D eigenvalue weighted by molar-refractivity contribution is 7.80. The highest BCUT2D eigenvalue weighted by Crippen LogP contribution is 2.32. The average molecular weight is 342 g/mol. The molecule has 3 nitrogen and oxygen atoms in total. The Morgan fingerprint density at radius 3 is 2.91 bits per heavy atom. The van der Waals surface area contributed by atoms with Crippen molar-refractivity contribution >= 4 is 39.6 Å². The lowest BCUT2D eigenvalue weighted by atomic mass is 9.97. The van der Waals surface area contributed by atoms with Crippen LogP contribution < -0.4 is 10.6 Å². The van der Waals surface area contributed by atoms with E-state index in [0.29, 0.717) is 12.0 Å². The van der Waals surface area contributed by atoms with E-state index < -0.39 is 0 Å². The molecule has 23 heavy (non-hydrogen) atoms. The van der Waals surface area contributed by atoms with Crippen LogP contribution in [0.25, 0.3) is 10.9 Å². The number of thiophene rings is 1. The van der Waals surface area contributed by atoms with Gasteiger partial charge >= 0.3 is 0 Å². The molecular weight excluding hydrogens is 322 g/mol. The molecule has 1 aromatic carbocycles. The second-order valence-electron chi connectivity index (χ2n) is 5.99.